The fourth-order valence-electron chi connectivity index (χ4n) is 1.85. The normalized spacial score (nSPS) is 10.5. The molecular weight excluding hydrogens is 234 g/mol. The third-order valence-corrected chi connectivity index (χ3v) is 3.04. The highest BCUT2D eigenvalue weighted by molar-refractivity contribution is 6.30. The van der Waals surface area contributed by atoms with Crippen LogP contribution >= 0.6 is 11.6 Å². The van der Waals surface area contributed by atoms with Crippen LogP contribution in [0.25, 0.3) is 11.3 Å². The maximum atomic E-state index is 6.11. The molecule has 0 atom stereocenters. The molecule has 1 aromatic carbocycles. The van der Waals surface area contributed by atoms with E-state index in [2.05, 4.69) is 9.97 Å². The molecule has 2 N–H and O–H groups in total. The molecule has 0 spiro atoms. The van der Waals surface area contributed by atoms with Crippen LogP contribution in [0.3, 0.4) is 0 Å². The van der Waals surface area contributed by atoms with Gasteiger partial charge in [-0.1, -0.05) is 42.8 Å². The number of anilines is 1. The molecule has 1 heterocycles. The van der Waals surface area contributed by atoms with Gasteiger partial charge in [-0.3, -0.25) is 0 Å². The summed E-state index contributed by atoms with van der Waals surface area (Å²) in [6, 6.07) is 8.04. The van der Waals surface area contributed by atoms with Crippen molar-refractivity contribution in [2.24, 2.45) is 0 Å². The summed E-state index contributed by atoms with van der Waals surface area (Å²) in [4.78, 5) is 8.31. The van der Waals surface area contributed by atoms with Crippen LogP contribution in [0.5, 0.6) is 0 Å². The van der Waals surface area contributed by atoms with Crippen molar-refractivity contribution < 1.29 is 0 Å². The molecule has 0 unspecified atom stereocenters. The van der Waals surface area contributed by atoms with E-state index in [1.807, 2.05) is 38.1 Å². The van der Waals surface area contributed by atoms with Gasteiger partial charge in [-0.15, -0.1) is 0 Å². The van der Waals surface area contributed by atoms with E-state index in [0.717, 1.165) is 28.8 Å². The molecule has 17 heavy (non-hydrogen) atoms. The van der Waals surface area contributed by atoms with Gasteiger partial charge in [0.25, 0.3) is 0 Å². The first-order valence-electron chi connectivity index (χ1n) is 5.51. The maximum absolute atomic E-state index is 6.11. The van der Waals surface area contributed by atoms with E-state index in [4.69, 9.17) is 17.3 Å². The summed E-state index contributed by atoms with van der Waals surface area (Å²) in [5.41, 5.74) is 9.65. The SMILES string of the molecule is CCc1c(Cl)nc(N)nc1-c1ccccc1C. The highest BCUT2D eigenvalue weighted by Crippen LogP contribution is 2.29. The van der Waals surface area contributed by atoms with Crippen LogP contribution in [-0.4, -0.2) is 9.97 Å². The number of aromatic nitrogens is 2. The van der Waals surface area contributed by atoms with Gasteiger partial charge in [-0.25, -0.2) is 9.97 Å². The summed E-state index contributed by atoms with van der Waals surface area (Å²) in [6.07, 6.45) is 0.781. The van der Waals surface area contributed by atoms with Gasteiger partial charge in [0.1, 0.15) is 5.15 Å². The number of rotatable bonds is 2. The van der Waals surface area contributed by atoms with E-state index in [-0.39, 0.29) is 5.95 Å². The van der Waals surface area contributed by atoms with Crippen LogP contribution in [-0.2, 0) is 6.42 Å². The van der Waals surface area contributed by atoms with E-state index >= 15 is 0 Å². The van der Waals surface area contributed by atoms with Gasteiger partial charge >= 0.3 is 0 Å². The molecule has 0 amide bonds. The number of aryl methyl sites for hydroxylation is 1. The van der Waals surface area contributed by atoms with Crippen molar-refractivity contribution in [1.82, 2.24) is 9.97 Å². The minimum Gasteiger partial charge on any atom is -0.368 e. The Hall–Kier alpha value is -1.61. The predicted molar refractivity (Wildman–Crippen MR) is 71.0 cm³/mol. The number of nitrogens with zero attached hydrogens (tertiary/aromatic N) is 2. The van der Waals surface area contributed by atoms with Crippen LogP contribution in [0.4, 0.5) is 5.95 Å². The Bertz CT molecular complexity index is 552. The Morgan fingerprint density at radius 2 is 1.94 bits per heavy atom. The second-order valence-corrected chi connectivity index (χ2v) is 4.23. The third-order valence-electron chi connectivity index (χ3n) is 2.73. The number of nitrogens with two attached hydrogens (primary N) is 1. The van der Waals surface area contributed by atoms with Crippen molar-refractivity contribution in [2.75, 3.05) is 5.73 Å². The lowest BCUT2D eigenvalue weighted by molar-refractivity contribution is 1.06. The Kier molecular flexibility index (Phi) is 3.29. The zero-order valence-electron chi connectivity index (χ0n) is 9.87. The summed E-state index contributed by atoms with van der Waals surface area (Å²) in [5, 5.41) is 0.443. The van der Waals surface area contributed by atoms with Crippen molar-refractivity contribution in [2.45, 2.75) is 20.3 Å². The highest BCUT2D eigenvalue weighted by Gasteiger charge is 2.13. The third kappa shape index (κ3) is 2.24. The summed E-state index contributed by atoms with van der Waals surface area (Å²) in [6.45, 7) is 4.07. The summed E-state index contributed by atoms with van der Waals surface area (Å²) in [5.74, 6) is 0.213. The predicted octanol–water partition coefficient (Wildman–Crippen LogP) is 3.25. The highest BCUT2D eigenvalue weighted by atomic mass is 35.5. The van der Waals surface area contributed by atoms with Crippen molar-refractivity contribution in [1.29, 1.82) is 0 Å². The molecule has 2 aromatic rings. The average Bonchev–Trinajstić information content (AvgIpc) is 2.28. The Morgan fingerprint density at radius 1 is 1.24 bits per heavy atom. The fraction of sp³-hybridized carbons (Fsp3) is 0.231. The number of nitrogen functional groups attached to an aromatic ring is 1. The monoisotopic (exact) mass is 247 g/mol. The van der Waals surface area contributed by atoms with Crippen LogP contribution in [0, 0.1) is 6.92 Å². The van der Waals surface area contributed by atoms with Crippen LogP contribution in [0.2, 0.25) is 5.15 Å². The lowest BCUT2D eigenvalue weighted by atomic mass is 10.0. The van der Waals surface area contributed by atoms with Gasteiger partial charge in [-0.05, 0) is 18.9 Å². The van der Waals surface area contributed by atoms with E-state index in [0.29, 0.717) is 5.15 Å². The Balaban J connectivity index is 2.70. The number of hydrogen-bond acceptors (Lipinski definition) is 3. The van der Waals surface area contributed by atoms with Crippen LogP contribution in [0.1, 0.15) is 18.1 Å². The fourth-order valence-corrected chi connectivity index (χ4v) is 2.16. The Morgan fingerprint density at radius 3 is 2.59 bits per heavy atom. The van der Waals surface area contributed by atoms with E-state index in [1.165, 1.54) is 0 Å². The van der Waals surface area contributed by atoms with Gasteiger partial charge in [0.2, 0.25) is 5.95 Å². The Labute approximate surface area is 106 Å². The molecule has 0 aliphatic heterocycles. The quantitative estimate of drug-likeness (QED) is 0.829. The summed E-state index contributed by atoms with van der Waals surface area (Å²) >= 11 is 6.11. The van der Waals surface area contributed by atoms with Crippen LogP contribution < -0.4 is 5.73 Å². The van der Waals surface area contributed by atoms with Gasteiger partial charge in [-0.2, -0.15) is 0 Å². The second-order valence-electron chi connectivity index (χ2n) is 3.87. The molecule has 0 bridgehead atoms. The standard InChI is InChI=1S/C13H14ClN3/c1-3-9-11(16-13(15)17-12(9)14)10-7-5-4-6-8(10)2/h4-7H,3H2,1-2H3,(H2,15,16,17). The van der Waals surface area contributed by atoms with Gasteiger partial charge in [0, 0.05) is 11.1 Å². The molecule has 0 radical (unpaired) electrons. The molecule has 88 valence electrons. The number of halogens is 1. The summed E-state index contributed by atoms with van der Waals surface area (Å²) in [7, 11) is 0. The minimum atomic E-state index is 0.213. The maximum Gasteiger partial charge on any atom is 0.222 e. The van der Waals surface area contributed by atoms with E-state index in [9.17, 15) is 0 Å². The molecule has 0 saturated carbocycles. The summed E-state index contributed by atoms with van der Waals surface area (Å²) < 4.78 is 0. The minimum absolute atomic E-state index is 0.213. The smallest absolute Gasteiger partial charge is 0.222 e. The molecule has 2 rings (SSSR count). The zero-order valence-corrected chi connectivity index (χ0v) is 10.6. The van der Waals surface area contributed by atoms with Crippen molar-refractivity contribution in [3.8, 4) is 11.3 Å². The van der Waals surface area contributed by atoms with Crippen LogP contribution in [0.15, 0.2) is 24.3 Å². The molecule has 0 aliphatic rings. The van der Waals surface area contributed by atoms with Gasteiger partial charge in [0.05, 0.1) is 5.69 Å². The lowest BCUT2D eigenvalue weighted by Gasteiger charge is -2.11. The van der Waals surface area contributed by atoms with E-state index in [1.54, 1.807) is 0 Å². The molecule has 3 nitrogen and oxygen atoms in total. The molecule has 0 aliphatic carbocycles. The molecule has 1 aromatic heterocycles. The van der Waals surface area contributed by atoms with Crippen molar-refractivity contribution >= 4 is 17.5 Å². The van der Waals surface area contributed by atoms with Crippen molar-refractivity contribution in [3.63, 3.8) is 0 Å². The lowest BCUT2D eigenvalue weighted by Crippen LogP contribution is -2.02. The van der Waals surface area contributed by atoms with Crippen molar-refractivity contribution in [3.05, 3.63) is 40.5 Å². The molecule has 0 fully saturated rings. The average molecular weight is 248 g/mol. The first-order chi connectivity index (χ1) is 8.13. The molecular formula is C13H14ClN3. The van der Waals surface area contributed by atoms with Gasteiger partial charge < -0.3 is 5.73 Å². The first-order valence-corrected chi connectivity index (χ1v) is 5.89. The largest absolute Gasteiger partial charge is 0.368 e. The first kappa shape index (κ1) is 11.9. The van der Waals surface area contributed by atoms with Gasteiger partial charge in [0.15, 0.2) is 0 Å². The second kappa shape index (κ2) is 4.72. The molecule has 4 heteroatoms. The van der Waals surface area contributed by atoms with E-state index < -0.39 is 0 Å². The zero-order chi connectivity index (χ0) is 12.4. The topological polar surface area (TPSA) is 51.8 Å². The number of benzene rings is 1. The molecule has 0 saturated heterocycles. The number of hydrogen-bond donors (Lipinski definition) is 1.